The summed E-state index contributed by atoms with van der Waals surface area (Å²) in [5.74, 6) is 0.791. The molecule has 7 heteroatoms. The van der Waals surface area contributed by atoms with Gasteiger partial charge in [0.2, 0.25) is 15.9 Å². The van der Waals surface area contributed by atoms with Gasteiger partial charge in [0.1, 0.15) is 5.75 Å². The van der Waals surface area contributed by atoms with Crippen LogP contribution in [0, 0.1) is 13.8 Å². The molecule has 0 radical (unpaired) electrons. The molecule has 0 bridgehead atoms. The quantitative estimate of drug-likeness (QED) is 0.551. The maximum atomic E-state index is 12.2. The van der Waals surface area contributed by atoms with Gasteiger partial charge in [0.05, 0.1) is 19.1 Å². The van der Waals surface area contributed by atoms with Gasteiger partial charge in [0.25, 0.3) is 0 Å². The van der Waals surface area contributed by atoms with E-state index in [-0.39, 0.29) is 18.9 Å². The molecule has 1 amide bonds. The highest BCUT2D eigenvalue weighted by molar-refractivity contribution is 7.92. The van der Waals surface area contributed by atoms with E-state index < -0.39 is 10.0 Å². The Morgan fingerprint density at radius 2 is 1.80 bits per heavy atom. The van der Waals surface area contributed by atoms with Crippen LogP contribution in [-0.4, -0.2) is 40.8 Å². The van der Waals surface area contributed by atoms with Crippen molar-refractivity contribution in [1.29, 1.82) is 0 Å². The first-order valence-electron chi connectivity index (χ1n) is 10.2. The maximum absolute atomic E-state index is 12.2. The highest BCUT2D eigenvalue weighted by atomic mass is 32.2. The minimum absolute atomic E-state index is 0.0661. The number of aryl methyl sites for hydroxylation is 3. The Kier molecular flexibility index (Phi) is 8.72. The zero-order valence-corrected chi connectivity index (χ0v) is 19.1. The fourth-order valence-corrected chi connectivity index (χ4v) is 4.21. The number of rotatable bonds is 11. The topological polar surface area (TPSA) is 75.7 Å². The van der Waals surface area contributed by atoms with Gasteiger partial charge in [0, 0.05) is 19.5 Å². The van der Waals surface area contributed by atoms with E-state index in [2.05, 4.69) is 5.32 Å². The number of methoxy groups -OCH3 is 1. The van der Waals surface area contributed by atoms with Gasteiger partial charge in [-0.2, -0.15) is 0 Å². The number of hydrogen-bond donors (Lipinski definition) is 1. The summed E-state index contributed by atoms with van der Waals surface area (Å²) in [6.45, 7) is 4.79. The fraction of sp³-hybridized carbons (Fsp3) is 0.435. The summed E-state index contributed by atoms with van der Waals surface area (Å²) in [7, 11) is -1.76. The summed E-state index contributed by atoms with van der Waals surface area (Å²) >= 11 is 0. The Balaban J connectivity index is 1.79. The van der Waals surface area contributed by atoms with Gasteiger partial charge in [-0.05, 0) is 68.0 Å². The number of carbonyl (C=O) groups is 1. The molecule has 0 aliphatic carbocycles. The first-order chi connectivity index (χ1) is 14.2. The molecule has 0 unspecified atom stereocenters. The van der Waals surface area contributed by atoms with E-state index in [9.17, 15) is 13.2 Å². The molecule has 30 heavy (non-hydrogen) atoms. The third kappa shape index (κ3) is 7.06. The van der Waals surface area contributed by atoms with Gasteiger partial charge < -0.3 is 10.1 Å². The molecule has 6 nitrogen and oxygen atoms in total. The molecule has 0 saturated carbocycles. The number of ether oxygens (including phenoxy) is 1. The number of sulfonamides is 1. The van der Waals surface area contributed by atoms with Crippen molar-refractivity contribution in [2.24, 2.45) is 0 Å². The molecule has 164 valence electrons. The number of nitrogens with zero attached hydrogens (tertiary/aromatic N) is 1. The monoisotopic (exact) mass is 432 g/mol. The summed E-state index contributed by atoms with van der Waals surface area (Å²) in [6, 6.07) is 13.4. The van der Waals surface area contributed by atoms with E-state index >= 15 is 0 Å². The number of anilines is 1. The van der Waals surface area contributed by atoms with Gasteiger partial charge in [0.15, 0.2) is 0 Å². The van der Waals surface area contributed by atoms with E-state index in [1.165, 1.54) is 10.6 Å². The van der Waals surface area contributed by atoms with Crippen molar-refractivity contribution in [2.45, 2.75) is 39.5 Å². The first-order valence-corrected chi connectivity index (χ1v) is 12.0. The van der Waals surface area contributed by atoms with Crippen molar-refractivity contribution in [1.82, 2.24) is 5.32 Å². The van der Waals surface area contributed by atoms with Gasteiger partial charge in [-0.25, -0.2) is 8.42 Å². The molecule has 0 aliphatic heterocycles. The molecule has 0 aromatic heterocycles. The molecule has 2 rings (SSSR count). The standard InChI is InChI=1S/C23H32N2O4S/c1-18-13-14-21(17-19(18)2)25(30(4,27)28)16-8-12-23(26)24-15-7-10-20-9-5-6-11-22(20)29-3/h5-6,9,11,13-14,17H,7-8,10,12,15-16H2,1-4H3,(H,24,26). The lowest BCUT2D eigenvalue weighted by Crippen LogP contribution is -2.32. The van der Waals surface area contributed by atoms with E-state index in [4.69, 9.17) is 4.74 Å². The molecule has 0 heterocycles. The SMILES string of the molecule is COc1ccccc1CCCNC(=O)CCCN(c1ccc(C)c(C)c1)S(C)(=O)=O. The largest absolute Gasteiger partial charge is 0.496 e. The molecule has 1 N–H and O–H groups in total. The molecular weight excluding hydrogens is 400 g/mol. The summed E-state index contributed by atoms with van der Waals surface area (Å²) < 4.78 is 31.1. The van der Waals surface area contributed by atoms with Crippen molar-refractivity contribution in [3.8, 4) is 5.75 Å². The smallest absolute Gasteiger partial charge is 0.232 e. The summed E-state index contributed by atoms with van der Waals surface area (Å²) in [6.07, 6.45) is 3.56. The van der Waals surface area contributed by atoms with E-state index in [1.54, 1.807) is 13.2 Å². The minimum Gasteiger partial charge on any atom is -0.496 e. The van der Waals surface area contributed by atoms with Crippen LogP contribution < -0.4 is 14.4 Å². The molecule has 0 spiro atoms. The lowest BCUT2D eigenvalue weighted by atomic mass is 10.1. The van der Waals surface area contributed by atoms with Crippen LogP contribution in [0.4, 0.5) is 5.69 Å². The molecular formula is C23H32N2O4S. The average molecular weight is 433 g/mol. The van der Waals surface area contributed by atoms with E-state index in [1.807, 2.05) is 50.2 Å². The van der Waals surface area contributed by atoms with Crippen LogP contribution in [0.1, 0.15) is 36.0 Å². The third-order valence-electron chi connectivity index (χ3n) is 5.08. The molecule has 2 aromatic carbocycles. The Bertz CT molecular complexity index is 957. The Morgan fingerprint density at radius 1 is 1.07 bits per heavy atom. The van der Waals surface area contributed by atoms with Crippen LogP contribution in [0.25, 0.3) is 0 Å². The number of benzene rings is 2. The van der Waals surface area contributed by atoms with Crippen molar-refractivity contribution in [3.05, 3.63) is 59.2 Å². The number of carbonyl (C=O) groups excluding carboxylic acids is 1. The first kappa shape index (κ1) is 23.7. The lowest BCUT2D eigenvalue weighted by Gasteiger charge is -2.23. The minimum atomic E-state index is -3.41. The highest BCUT2D eigenvalue weighted by Crippen LogP contribution is 2.22. The number of para-hydroxylation sites is 1. The third-order valence-corrected chi connectivity index (χ3v) is 6.28. The van der Waals surface area contributed by atoms with Gasteiger partial charge >= 0.3 is 0 Å². The molecule has 0 aliphatic rings. The van der Waals surface area contributed by atoms with Crippen LogP contribution in [0.5, 0.6) is 5.75 Å². The lowest BCUT2D eigenvalue weighted by molar-refractivity contribution is -0.121. The Morgan fingerprint density at radius 3 is 2.47 bits per heavy atom. The van der Waals surface area contributed by atoms with Crippen molar-refractivity contribution >= 4 is 21.6 Å². The van der Waals surface area contributed by atoms with Crippen LogP contribution in [0.15, 0.2) is 42.5 Å². The zero-order chi connectivity index (χ0) is 22.1. The van der Waals surface area contributed by atoms with Crippen LogP contribution in [0.3, 0.4) is 0 Å². The van der Waals surface area contributed by atoms with Gasteiger partial charge in [-0.15, -0.1) is 0 Å². The zero-order valence-electron chi connectivity index (χ0n) is 18.3. The van der Waals surface area contributed by atoms with Crippen molar-refractivity contribution in [2.75, 3.05) is 30.8 Å². The normalized spacial score (nSPS) is 11.2. The van der Waals surface area contributed by atoms with Gasteiger partial charge in [-0.3, -0.25) is 9.10 Å². The second kappa shape index (κ2) is 11.0. The molecule has 0 fully saturated rings. The summed E-state index contributed by atoms with van der Waals surface area (Å²) in [5, 5.41) is 2.91. The molecule has 0 atom stereocenters. The second-order valence-electron chi connectivity index (χ2n) is 7.47. The predicted octanol–water partition coefficient (Wildman–Crippen LogP) is 3.61. The predicted molar refractivity (Wildman–Crippen MR) is 122 cm³/mol. The van der Waals surface area contributed by atoms with E-state index in [0.717, 1.165) is 35.3 Å². The highest BCUT2D eigenvalue weighted by Gasteiger charge is 2.18. The van der Waals surface area contributed by atoms with Crippen LogP contribution in [-0.2, 0) is 21.2 Å². The van der Waals surface area contributed by atoms with Crippen LogP contribution in [0.2, 0.25) is 0 Å². The molecule has 2 aromatic rings. The van der Waals surface area contributed by atoms with Crippen LogP contribution >= 0.6 is 0 Å². The van der Waals surface area contributed by atoms with Gasteiger partial charge in [-0.1, -0.05) is 24.3 Å². The van der Waals surface area contributed by atoms with Crippen molar-refractivity contribution in [3.63, 3.8) is 0 Å². The van der Waals surface area contributed by atoms with Crippen molar-refractivity contribution < 1.29 is 17.9 Å². The Hall–Kier alpha value is -2.54. The summed E-state index contributed by atoms with van der Waals surface area (Å²) in [5.41, 5.74) is 3.90. The Labute approximate surface area is 180 Å². The number of hydrogen-bond acceptors (Lipinski definition) is 4. The second-order valence-corrected chi connectivity index (χ2v) is 9.38. The number of nitrogens with one attached hydrogen (secondary N) is 1. The fourth-order valence-electron chi connectivity index (χ4n) is 3.25. The van der Waals surface area contributed by atoms with E-state index in [0.29, 0.717) is 18.7 Å². The summed E-state index contributed by atoms with van der Waals surface area (Å²) in [4.78, 5) is 12.1. The average Bonchev–Trinajstić information content (AvgIpc) is 2.70. The number of amides is 1. The molecule has 0 saturated heterocycles. The maximum Gasteiger partial charge on any atom is 0.232 e.